The molecule has 106 valence electrons. The van der Waals surface area contributed by atoms with Gasteiger partial charge in [-0.3, -0.25) is 0 Å². The lowest BCUT2D eigenvalue weighted by atomic mass is 10.2. The zero-order valence-electron chi connectivity index (χ0n) is 11.6. The number of nitrogens with zero attached hydrogens (tertiary/aromatic N) is 2. The van der Waals surface area contributed by atoms with E-state index in [-0.39, 0.29) is 0 Å². The van der Waals surface area contributed by atoms with Gasteiger partial charge in [-0.15, -0.1) is 11.3 Å². The summed E-state index contributed by atoms with van der Waals surface area (Å²) in [6.45, 7) is 0. The molecule has 0 saturated heterocycles. The van der Waals surface area contributed by atoms with Crippen molar-refractivity contribution in [1.82, 2.24) is 4.98 Å². The molecule has 0 fully saturated rings. The number of benzene rings is 2. The second-order valence-corrected chi connectivity index (χ2v) is 6.01. The van der Waals surface area contributed by atoms with Crippen molar-refractivity contribution in [3.8, 4) is 0 Å². The molecule has 0 bridgehead atoms. The summed E-state index contributed by atoms with van der Waals surface area (Å²) < 4.78 is 1.94. The molecule has 0 atom stereocenters. The summed E-state index contributed by atoms with van der Waals surface area (Å²) in [7, 11) is 0. The Labute approximate surface area is 131 Å². The highest BCUT2D eigenvalue weighted by Crippen LogP contribution is 2.29. The fraction of sp³-hybridized carbons (Fsp3) is 0. The maximum Gasteiger partial charge on any atom is 0.225 e. The molecule has 0 aliphatic carbocycles. The number of hydrogen-bond acceptors (Lipinski definition) is 3. The molecule has 3 nitrogen and oxygen atoms in total. The fourth-order valence-electron chi connectivity index (χ4n) is 2.47. The molecule has 0 aliphatic rings. The third kappa shape index (κ3) is 2.23. The Morgan fingerprint density at radius 2 is 1.73 bits per heavy atom. The molecule has 0 saturated carbocycles. The van der Waals surface area contributed by atoms with E-state index in [1.807, 2.05) is 66.7 Å². The van der Waals surface area contributed by atoms with Crippen LogP contribution in [-0.4, -0.2) is 4.98 Å². The van der Waals surface area contributed by atoms with Crippen molar-refractivity contribution in [1.29, 1.82) is 0 Å². The molecule has 0 radical (unpaired) electrons. The molecule has 2 aromatic carbocycles. The van der Waals surface area contributed by atoms with Gasteiger partial charge < -0.3 is 5.21 Å². The fourth-order valence-corrected chi connectivity index (χ4v) is 3.45. The summed E-state index contributed by atoms with van der Waals surface area (Å²) in [5, 5.41) is 13.9. The van der Waals surface area contributed by atoms with Crippen molar-refractivity contribution in [3.63, 3.8) is 0 Å². The average molecular weight is 304 g/mol. The van der Waals surface area contributed by atoms with Gasteiger partial charge in [0.1, 0.15) is 10.5 Å². The summed E-state index contributed by atoms with van der Waals surface area (Å²) in [5.74, 6) is 0. The van der Waals surface area contributed by atoms with Gasteiger partial charge in [-0.25, -0.2) is 4.98 Å². The molecular formula is C18H12N2OS. The standard InChI is InChI=1S/C18H12N2OS/c21-20-12-15-18(14-8-4-5-9-16(14)20)22-17(19-15)11-10-13-6-2-1-3-7-13/h1-12H. The Hall–Kier alpha value is -2.72. The Bertz CT molecular complexity index is 990. The largest absolute Gasteiger partial charge is 0.618 e. The van der Waals surface area contributed by atoms with Gasteiger partial charge in [0.2, 0.25) is 11.7 Å². The van der Waals surface area contributed by atoms with Crippen LogP contribution in [0, 0.1) is 5.21 Å². The van der Waals surface area contributed by atoms with Gasteiger partial charge in [0.25, 0.3) is 0 Å². The molecule has 22 heavy (non-hydrogen) atoms. The lowest BCUT2D eigenvalue weighted by molar-refractivity contribution is -0.575. The van der Waals surface area contributed by atoms with E-state index in [1.54, 1.807) is 17.5 Å². The summed E-state index contributed by atoms with van der Waals surface area (Å²) in [6.07, 6.45) is 5.57. The minimum atomic E-state index is 0.678. The number of fused-ring (bicyclic) bond motifs is 3. The predicted octanol–water partition coefficient (Wildman–Crippen LogP) is 4.25. The lowest BCUT2D eigenvalue weighted by Gasteiger charge is -2.00. The van der Waals surface area contributed by atoms with E-state index in [0.717, 1.165) is 30.9 Å². The second kappa shape index (κ2) is 5.24. The van der Waals surface area contributed by atoms with Gasteiger partial charge in [0.15, 0.2) is 0 Å². The zero-order valence-corrected chi connectivity index (χ0v) is 12.5. The Balaban J connectivity index is 1.84. The predicted molar refractivity (Wildman–Crippen MR) is 91.5 cm³/mol. The van der Waals surface area contributed by atoms with Crippen molar-refractivity contribution < 1.29 is 4.73 Å². The molecule has 4 rings (SSSR count). The normalized spacial score (nSPS) is 11.6. The topological polar surface area (TPSA) is 39.8 Å². The highest BCUT2D eigenvalue weighted by molar-refractivity contribution is 7.20. The van der Waals surface area contributed by atoms with Crippen LogP contribution in [0.2, 0.25) is 0 Å². The molecule has 2 heterocycles. The molecule has 2 aromatic heterocycles. The maximum absolute atomic E-state index is 12.0. The highest BCUT2D eigenvalue weighted by atomic mass is 32.1. The van der Waals surface area contributed by atoms with Crippen LogP contribution in [0.1, 0.15) is 10.6 Å². The van der Waals surface area contributed by atoms with E-state index in [2.05, 4.69) is 4.98 Å². The van der Waals surface area contributed by atoms with Gasteiger partial charge in [-0.05, 0) is 17.7 Å². The van der Waals surface area contributed by atoms with Crippen LogP contribution < -0.4 is 4.73 Å². The third-order valence-electron chi connectivity index (χ3n) is 3.51. The highest BCUT2D eigenvalue weighted by Gasteiger charge is 2.12. The van der Waals surface area contributed by atoms with Crippen LogP contribution in [-0.2, 0) is 0 Å². The van der Waals surface area contributed by atoms with Crippen LogP contribution in [0.5, 0.6) is 0 Å². The number of thiazole rings is 1. The Morgan fingerprint density at radius 3 is 2.59 bits per heavy atom. The summed E-state index contributed by atoms with van der Waals surface area (Å²) in [5.41, 5.74) is 2.55. The van der Waals surface area contributed by atoms with Gasteiger partial charge >= 0.3 is 0 Å². The molecular weight excluding hydrogens is 292 g/mol. The van der Waals surface area contributed by atoms with E-state index >= 15 is 0 Å². The second-order valence-electron chi connectivity index (χ2n) is 4.98. The number of hydrogen-bond donors (Lipinski definition) is 0. The van der Waals surface area contributed by atoms with Crippen LogP contribution in [0.3, 0.4) is 0 Å². The summed E-state index contributed by atoms with van der Waals surface area (Å²) in [6, 6.07) is 17.7. The van der Waals surface area contributed by atoms with E-state index in [1.165, 1.54) is 0 Å². The molecule has 0 spiro atoms. The minimum Gasteiger partial charge on any atom is -0.618 e. The molecule has 4 aromatic rings. The van der Waals surface area contributed by atoms with Crippen LogP contribution in [0.4, 0.5) is 0 Å². The van der Waals surface area contributed by atoms with E-state index < -0.39 is 0 Å². The minimum absolute atomic E-state index is 0.678. The van der Waals surface area contributed by atoms with Crippen LogP contribution >= 0.6 is 11.3 Å². The van der Waals surface area contributed by atoms with Crippen molar-refractivity contribution in [2.75, 3.05) is 0 Å². The number of para-hydroxylation sites is 1. The number of aromatic nitrogens is 2. The van der Waals surface area contributed by atoms with Crippen LogP contribution in [0.15, 0.2) is 60.8 Å². The van der Waals surface area contributed by atoms with Crippen molar-refractivity contribution in [3.05, 3.63) is 76.6 Å². The smallest absolute Gasteiger partial charge is 0.225 e. The third-order valence-corrected chi connectivity index (χ3v) is 4.58. The van der Waals surface area contributed by atoms with E-state index in [0.29, 0.717) is 5.52 Å². The first-order chi connectivity index (χ1) is 10.8. The average Bonchev–Trinajstić information content (AvgIpc) is 2.97. The monoisotopic (exact) mass is 304 g/mol. The lowest BCUT2D eigenvalue weighted by Crippen LogP contribution is -2.26. The van der Waals surface area contributed by atoms with E-state index in [9.17, 15) is 5.21 Å². The molecule has 0 unspecified atom stereocenters. The zero-order chi connectivity index (χ0) is 14.9. The first-order valence-corrected chi connectivity index (χ1v) is 7.77. The Morgan fingerprint density at radius 1 is 0.955 bits per heavy atom. The first-order valence-electron chi connectivity index (χ1n) is 6.96. The van der Waals surface area contributed by atoms with Gasteiger partial charge in [-0.2, -0.15) is 4.73 Å². The SMILES string of the molecule is [O-][n+]1cc2nc(C=Cc3ccccc3)sc2c2ccccc21. The summed E-state index contributed by atoms with van der Waals surface area (Å²) in [4.78, 5) is 4.55. The van der Waals surface area contributed by atoms with Gasteiger partial charge in [-0.1, -0.05) is 48.5 Å². The molecule has 0 N–H and O–H groups in total. The maximum atomic E-state index is 12.0. The first kappa shape index (κ1) is 13.0. The quantitative estimate of drug-likeness (QED) is 0.410. The number of rotatable bonds is 2. The Kier molecular flexibility index (Phi) is 3.09. The molecule has 4 heteroatoms. The number of pyridine rings is 1. The molecule has 0 amide bonds. The van der Waals surface area contributed by atoms with Gasteiger partial charge in [0.05, 0.1) is 10.1 Å². The van der Waals surface area contributed by atoms with Crippen molar-refractivity contribution in [2.45, 2.75) is 0 Å². The van der Waals surface area contributed by atoms with E-state index in [4.69, 9.17) is 0 Å². The van der Waals surface area contributed by atoms with Crippen molar-refractivity contribution >= 4 is 44.6 Å². The van der Waals surface area contributed by atoms with Gasteiger partial charge in [0, 0.05) is 6.07 Å². The van der Waals surface area contributed by atoms with Crippen molar-refractivity contribution in [2.24, 2.45) is 0 Å². The molecule has 0 aliphatic heterocycles. The summed E-state index contributed by atoms with van der Waals surface area (Å²) >= 11 is 1.60. The van der Waals surface area contributed by atoms with Crippen LogP contribution in [0.25, 0.3) is 33.3 Å².